The Balaban J connectivity index is 1.33. The van der Waals surface area contributed by atoms with Crippen LogP contribution in [0.2, 0.25) is 0 Å². The van der Waals surface area contributed by atoms with Crippen LogP contribution in [0.1, 0.15) is 11.3 Å². The van der Waals surface area contributed by atoms with Crippen molar-refractivity contribution in [3.05, 3.63) is 53.8 Å². The van der Waals surface area contributed by atoms with E-state index >= 15 is 0 Å². The van der Waals surface area contributed by atoms with E-state index in [0.717, 1.165) is 17.8 Å². The average Bonchev–Trinajstić information content (AvgIpc) is 3.33. The Morgan fingerprint density at radius 1 is 1.11 bits per heavy atom. The Morgan fingerprint density at radius 3 is 2.73 bits per heavy atom. The molecule has 4 aromatic rings. The predicted molar refractivity (Wildman–Crippen MR) is 146 cm³/mol. The van der Waals surface area contributed by atoms with E-state index in [0.29, 0.717) is 58.9 Å². The maximum atomic E-state index is 12.2. The molecule has 37 heavy (non-hydrogen) atoms. The molecule has 0 aliphatic rings. The fourth-order valence-electron chi connectivity index (χ4n) is 3.46. The third-order valence-electron chi connectivity index (χ3n) is 5.21. The van der Waals surface area contributed by atoms with Crippen LogP contribution in [-0.2, 0) is 6.42 Å². The molecule has 3 N–H and O–H groups in total. The molecule has 0 aliphatic heterocycles. The summed E-state index contributed by atoms with van der Waals surface area (Å²) in [7, 11) is 5.62. The number of fused-ring (bicyclic) bond motifs is 1. The first-order chi connectivity index (χ1) is 18.0. The monoisotopic (exact) mass is 522 g/mol. The number of ether oxygens (including phenoxy) is 2. The van der Waals surface area contributed by atoms with E-state index in [9.17, 15) is 4.79 Å². The molecule has 0 radical (unpaired) electrons. The molecule has 0 fully saturated rings. The Labute approximate surface area is 219 Å². The van der Waals surface area contributed by atoms with Gasteiger partial charge < -0.3 is 25.0 Å². The Morgan fingerprint density at radius 2 is 1.95 bits per heavy atom. The first-order valence-corrected chi connectivity index (χ1v) is 12.6. The van der Waals surface area contributed by atoms with E-state index in [1.807, 2.05) is 50.5 Å². The summed E-state index contributed by atoms with van der Waals surface area (Å²) >= 11 is 1.42. The summed E-state index contributed by atoms with van der Waals surface area (Å²) in [4.78, 5) is 32.9. The smallest absolute Gasteiger partial charge is 0.325 e. The quantitative estimate of drug-likeness (QED) is 0.236. The zero-order chi connectivity index (χ0) is 26.0. The van der Waals surface area contributed by atoms with Crippen molar-refractivity contribution in [3.8, 4) is 11.6 Å². The number of aromatic nitrogens is 4. The standard InChI is InChI=1S/C25H30N8O3S/c1-33(2)12-7-13-36-20-14-19-21(31-23(20)35-3)22(29-16-28-19)26-11-10-18-15-27-25(37-18)32-24(34)30-17-8-5-4-6-9-17/h4-6,8-9,14-16H,7,10-13H2,1-3H3,(H,26,28,29)(H2,27,30,32,34). The van der Waals surface area contributed by atoms with E-state index in [1.165, 1.54) is 17.7 Å². The van der Waals surface area contributed by atoms with Crippen molar-refractivity contribution in [2.45, 2.75) is 12.8 Å². The van der Waals surface area contributed by atoms with E-state index in [2.05, 4.69) is 40.8 Å². The highest BCUT2D eigenvalue weighted by molar-refractivity contribution is 7.15. The molecule has 0 unspecified atom stereocenters. The van der Waals surface area contributed by atoms with Crippen LogP contribution in [0.4, 0.5) is 21.4 Å². The van der Waals surface area contributed by atoms with Crippen LogP contribution in [0.25, 0.3) is 11.0 Å². The van der Waals surface area contributed by atoms with Crippen LogP contribution < -0.4 is 25.4 Å². The van der Waals surface area contributed by atoms with Gasteiger partial charge >= 0.3 is 6.03 Å². The van der Waals surface area contributed by atoms with Crippen molar-refractivity contribution in [3.63, 3.8) is 0 Å². The summed E-state index contributed by atoms with van der Waals surface area (Å²) in [5.74, 6) is 1.55. The molecule has 1 aromatic carbocycles. The summed E-state index contributed by atoms with van der Waals surface area (Å²) in [6.07, 6.45) is 4.82. The van der Waals surface area contributed by atoms with Crippen LogP contribution >= 0.6 is 11.3 Å². The van der Waals surface area contributed by atoms with Crippen molar-refractivity contribution in [1.29, 1.82) is 0 Å². The fraction of sp³-hybridized carbons (Fsp3) is 0.320. The Hall–Kier alpha value is -4.03. The normalized spacial score (nSPS) is 10.9. The molecule has 11 nitrogen and oxygen atoms in total. The number of benzene rings is 1. The first kappa shape index (κ1) is 26.0. The number of nitrogens with zero attached hydrogens (tertiary/aromatic N) is 5. The van der Waals surface area contributed by atoms with Crippen LogP contribution in [0, 0.1) is 0 Å². The number of thiazole rings is 1. The number of rotatable bonds is 12. The largest absolute Gasteiger partial charge is 0.488 e. The van der Waals surface area contributed by atoms with Crippen LogP contribution in [0.3, 0.4) is 0 Å². The van der Waals surface area contributed by atoms with Crippen molar-refractivity contribution in [2.75, 3.05) is 56.9 Å². The van der Waals surface area contributed by atoms with Gasteiger partial charge in [0.25, 0.3) is 5.88 Å². The number of carbonyl (C=O) groups is 1. The molecule has 0 aliphatic carbocycles. The maximum absolute atomic E-state index is 12.2. The Kier molecular flexibility index (Phi) is 9.00. The zero-order valence-electron chi connectivity index (χ0n) is 21.0. The topological polar surface area (TPSA) is 126 Å². The predicted octanol–water partition coefficient (Wildman–Crippen LogP) is 4.12. The van der Waals surface area contributed by atoms with Gasteiger partial charge in [0, 0.05) is 42.3 Å². The maximum Gasteiger partial charge on any atom is 0.325 e. The van der Waals surface area contributed by atoms with Gasteiger partial charge in [-0.2, -0.15) is 0 Å². The van der Waals surface area contributed by atoms with Gasteiger partial charge in [0.2, 0.25) is 0 Å². The highest BCUT2D eigenvalue weighted by Crippen LogP contribution is 2.30. The number of anilines is 3. The molecule has 3 heterocycles. The fourth-order valence-corrected chi connectivity index (χ4v) is 4.27. The van der Waals surface area contributed by atoms with Crippen LogP contribution in [0.5, 0.6) is 11.6 Å². The second kappa shape index (κ2) is 12.8. The number of urea groups is 1. The summed E-state index contributed by atoms with van der Waals surface area (Å²) in [5.41, 5.74) is 1.98. The second-order valence-corrected chi connectivity index (χ2v) is 9.46. The van der Waals surface area contributed by atoms with E-state index in [-0.39, 0.29) is 6.03 Å². The van der Waals surface area contributed by atoms with Crippen molar-refractivity contribution >= 4 is 45.0 Å². The lowest BCUT2D eigenvalue weighted by atomic mass is 10.3. The zero-order valence-corrected chi connectivity index (χ0v) is 21.8. The lowest BCUT2D eigenvalue weighted by molar-refractivity contribution is 0.262. The molecule has 0 spiro atoms. The van der Waals surface area contributed by atoms with Gasteiger partial charge in [0.15, 0.2) is 16.7 Å². The van der Waals surface area contributed by atoms with Crippen molar-refractivity contribution in [2.24, 2.45) is 0 Å². The third kappa shape index (κ3) is 7.48. The van der Waals surface area contributed by atoms with Gasteiger partial charge in [-0.05, 0) is 32.6 Å². The minimum absolute atomic E-state index is 0.334. The third-order valence-corrected chi connectivity index (χ3v) is 6.19. The van der Waals surface area contributed by atoms with Crippen LogP contribution in [0.15, 0.2) is 48.9 Å². The molecule has 4 rings (SSSR count). The van der Waals surface area contributed by atoms with Crippen molar-refractivity contribution in [1.82, 2.24) is 24.8 Å². The lowest BCUT2D eigenvalue weighted by Crippen LogP contribution is -2.19. The SMILES string of the molecule is COc1nc2c(NCCc3cnc(NC(=O)Nc4ccccc4)s3)ncnc2cc1OCCCN(C)C. The number of amides is 2. The van der Waals surface area contributed by atoms with Gasteiger partial charge in [-0.15, -0.1) is 11.3 Å². The molecular formula is C25H30N8O3S. The summed E-state index contributed by atoms with van der Waals surface area (Å²) < 4.78 is 11.3. The number of hydrogen-bond acceptors (Lipinski definition) is 10. The highest BCUT2D eigenvalue weighted by Gasteiger charge is 2.14. The number of carbonyl (C=O) groups excluding carboxylic acids is 1. The molecule has 0 saturated carbocycles. The average molecular weight is 523 g/mol. The second-order valence-electron chi connectivity index (χ2n) is 8.34. The van der Waals surface area contributed by atoms with Gasteiger partial charge in [-0.3, -0.25) is 5.32 Å². The molecule has 0 bridgehead atoms. The van der Waals surface area contributed by atoms with Gasteiger partial charge in [0.05, 0.1) is 19.2 Å². The lowest BCUT2D eigenvalue weighted by Gasteiger charge is -2.13. The number of methoxy groups -OCH3 is 1. The molecule has 3 aromatic heterocycles. The van der Waals surface area contributed by atoms with E-state index in [1.54, 1.807) is 13.3 Å². The molecule has 0 atom stereocenters. The number of nitrogens with one attached hydrogen (secondary N) is 3. The Bertz CT molecular complexity index is 1320. The number of hydrogen-bond donors (Lipinski definition) is 3. The van der Waals surface area contributed by atoms with E-state index in [4.69, 9.17) is 9.47 Å². The molecule has 194 valence electrons. The van der Waals surface area contributed by atoms with E-state index < -0.39 is 0 Å². The van der Waals surface area contributed by atoms with Crippen molar-refractivity contribution < 1.29 is 14.3 Å². The van der Waals surface area contributed by atoms with Gasteiger partial charge in [0.1, 0.15) is 11.8 Å². The summed E-state index contributed by atoms with van der Waals surface area (Å²) in [6, 6.07) is 10.7. The van der Waals surface area contributed by atoms with Gasteiger partial charge in [-0.25, -0.2) is 24.7 Å². The summed E-state index contributed by atoms with van der Waals surface area (Å²) in [5, 5.41) is 9.38. The molecule has 12 heteroatoms. The number of para-hydroxylation sites is 1. The van der Waals surface area contributed by atoms with Gasteiger partial charge in [-0.1, -0.05) is 18.2 Å². The summed E-state index contributed by atoms with van der Waals surface area (Å²) in [6.45, 7) is 2.08. The minimum atomic E-state index is -0.334. The molecule has 0 saturated heterocycles. The first-order valence-electron chi connectivity index (χ1n) is 11.8. The molecule has 2 amide bonds. The minimum Gasteiger partial charge on any atom is -0.488 e. The molecular weight excluding hydrogens is 492 g/mol. The highest BCUT2D eigenvalue weighted by atomic mass is 32.1. The number of pyridine rings is 1. The van der Waals surface area contributed by atoms with Crippen LogP contribution in [-0.4, -0.2) is 71.8 Å².